The summed E-state index contributed by atoms with van der Waals surface area (Å²) in [6, 6.07) is 2.69. The summed E-state index contributed by atoms with van der Waals surface area (Å²) in [5, 5.41) is 9.18. The van der Waals surface area contributed by atoms with Crippen LogP contribution < -0.4 is 4.90 Å². The predicted molar refractivity (Wildman–Crippen MR) is 57.4 cm³/mol. The van der Waals surface area contributed by atoms with Gasteiger partial charge in [-0.2, -0.15) is 13.2 Å². The van der Waals surface area contributed by atoms with Gasteiger partial charge in [0, 0.05) is 0 Å². The van der Waals surface area contributed by atoms with E-state index in [0.717, 1.165) is 28.8 Å². The second-order valence-corrected chi connectivity index (χ2v) is 4.59. The smallest absolute Gasteiger partial charge is 0.373 e. The Morgan fingerprint density at radius 1 is 1.39 bits per heavy atom. The lowest BCUT2D eigenvalue weighted by atomic mass is 10.1. The monoisotopic (exact) mass is 281 g/mol. The molecule has 1 aromatic carbocycles. The summed E-state index contributed by atoms with van der Waals surface area (Å²) in [6.07, 6.45) is -4.82. The second kappa shape index (κ2) is 4.43. The predicted octanol–water partition coefficient (Wildman–Crippen LogP) is 2.20. The van der Waals surface area contributed by atoms with Crippen molar-refractivity contribution < 1.29 is 27.5 Å². The third kappa shape index (κ3) is 2.17. The van der Waals surface area contributed by atoms with Crippen molar-refractivity contribution in [2.45, 2.75) is 11.6 Å². The Labute approximate surface area is 103 Å². The van der Waals surface area contributed by atoms with Crippen molar-refractivity contribution in [2.24, 2.45) is 0 Å². The van der Waals surface area contributed by atoms with Crippen LogP contribution in [0.4, 0.5) is 23.2 Å². The number of carbonyl (C=O) groups is 1. The molecule has 1 aliphatic heterocycles. The number of nitrogens with zero attached hydrogens (tertiary/aromatic N) is 1. The van der Waals surface area contributed by atoms with Gasteiger partial charge in [0.2, 0.25) is 0 Å². The zero-order valence-corrected chi connectivity index (χ0v) is 9.56. The number of carbonyl (C=O) groups excluding carboxylic acids is 1. The first kappa shape index (κ1) is 13.2. The molecule has 1 heterocycles. The van der Waals surface area contributed by atoms with Crippen molar-refractivity contribution in [1.29, 1.82) is 0 Å². The standard InChI is InChI=1S/C10H7F4NO2S/c11-7-5(10(12,13)14)2-1-3-6(7)15-4-18-9(17)8(15)16/h1-3,9,17H,4H2. The summed E-state index contributed by atoms with van der Waals surface area (Å²) in [4.78, 5) is 12.2. The second-order valence-electron chi connectivity index (χ2n) is 3.55. The van der Waals surface area contributed by atoms with Gasteiger partial charge in [-0.1, -0.05) is 17.8 Å². The van der Waals surface area contributed by atoms with Crippen LogP contribution in [0.2, 0.25) is 0 Å². The van der Waals surface area contributed by atoms with Crippen molar-refractivity contribution in [2.75, 3.05) is 10.8 Å². The van der Waals surface area contributed by atoms with Crippen LogP contribution in [0.3, 0.4) is 0 Å². The Kier molecular flexibility index (Phi) is 3.24. The van der Waals surface area contributed by atoms with Gasteiger partial charge in [-0.25, -0.2) is 4.39 Å². The van der Waals surface area contributed by atoms with Gasteiger partial charge in [0.1, 0.15) is 0 Å². The molecule has 1 N–H and O–H groups in total. The number of benzene rings is 1. The number of halogens is 4. The normalized spacial score (nSPS) is 20.6. The number of rotatable bonds is 1. The maximum absolute atomic E-state index is 13.7. The van der Waals surface area contributed by atoms with Crippen LogP contribution in [-0.4, -0.2) is 22.3 Å². The molecule has 2 rings (SSSR count). The molecule has 0 bridgehead atoms. The van der Waals surface area contributed by atoms with E-state index >= 15 is 0 Å². The summed E-state index contributed by atoms with van der Waals surface area (Å²) in [5.74, 6) is -2.41. The average Bonchev–Trinajstić information content (AvgIpc) is 2.59. The van der Waals surface area contributed by atoms with Crippen LogP contribution >= 0.6 is 11.8 Å². The highest BCUT2D eigenvalue weighted by atomic mass is 32.2. The molecule has 0 spiro atoms. The molecule has 0 aliphatic carbocycles. The molecule has 1 aliphatic rings. The van der Waals surface area contributed by atoms with E-state index in [1.54, 1.807) is 0 Å². The van der Waals surface area contributed by atoms with E-state index in [0.29, 0.717) is 6.07 Å². The fourth-order valence-electron chi connectivity index (χ4n) is 1.55. The van der Waals surface area contributed by atoms with Crippen LogP contribution in [0.1, 0.15) is 5.56 Å². The minimum absolute atomic E-state index is 0.0851. The summed E-state index contributed by atoms with van der Waals surface area (Å²) in [5.41, 5.74) is -3.27. The largest absolute Gasteiger partial charge is 0.419 e. The third-order valence-corrected chi connectivity index (χ3v) is 3.34. The van der Waals surface area contributed by atoms with Gasteiger partial charge in [0.05, 0.1) is 17.1 Å². The SMILES string of the molecule is O=C1C(O)SCN1c1cccc(C(F)(F)F)c1F. The van der Waals surface area contributed by atoms with E-state index < -0.39 is 34.6 Å². The Hall–Kier alpha value is -1.28. The zero-order chi connectivity index (χ0) is 13.5. The molecule has 0 radical (unpaired) electrons. The number of amides is 1. The summed E-state index contributed by atoms with van der Waals surface area (Å²) in [6.45, 7) is 0. The Bertz CT molecular complexity index is 491. The van der Waals surface area contributed by atoms with Crippen molar-refractivity contribution >= 4 is 23.4 Å². The van der Waals surface area contributed by atoms with Crippen molar-refractivity contribution in [3.63, 3.8) is 0 Å². The lowest BCUT2D eigenvalue weighted by molar-refractivity contribution is -0.140. The molecule has 3 nitrogen and oxygen atoms in total. The molecule has 1 saturated heterocycles. The van der Waals surface area contributed by atoms with E-state index in [2.05, 4.69) is 0 Å². The Morgan fingerprint density at radius 3 is 2.56 bits per heavy atom. The first-order chi connectivity index (χ1) is 8.32. The average molecular weight is 281 g/mol. The van der Waals surface area contributed by atoms with Gasteiger partial charge in [0.25, 0.3) is 5.91 Å². The number of anilines is 1. The summed E-state index contributed by atoms with van der Waals surface area (Å²) in [7, 11) is 0. The maximum Gasteiger partial charge on any atom is 0.419 e. The van der Waals surface area contributed by atoms with Crippen molar-refractivity contribution in [3.05, 3.63) is 29.6 Å². The van der Waals surface area contributed by atoms with Crippen LogP contribution in [0.25, 0.3) is 0 Å². The highest BCUT2D eigenvalue weighted by molar-refractivity contribution is 8.01. The van der Waals surface area contributed by atoms with E-state index in [1.165, 1.54) is 0 Å². The number of alkyl halides is 3. The first-order valence-corrected chi connectivity index (χ1v) is 5.84. The van der Waals surface area contributed by atoms with Crippen molar-refractivity contribution in [3.8, 4) is 0 Å². The lowest BCUT2D eigenvalue weighted by Crippen LogP contribution is -2.30. The van der Waals surface area contributed by atoms with Gasteiger partial charge in [-0.3, -0.25) is 9.69 Å². The van der Waals surface area contributed by atoms with Crippen molar-refractivity contribution in [1.82, 2.24) is 0 Å². The lowest BCUT2D eigenvalue weighted by Gasteiger charge is -2.18. The topological polar surface area (TPSA) is 40.5 Å². The quantitative estimate of drug-likeness (QED) is 0.802. The van der Waals surface area contributed by atoms with Gasteiger partial charge >= 0.3 is 6.18 Å². The molecular weight excluding hydrogens is 274 g/mol. The molecule has 1 fully saturated rings. The Balaban J connectivity index is 2.44. The van der Waals surface area contributed by atoms with Crippen LogP contribution in [0.15, 0.2) is 18.2 Å². The molecule has 98 valence electrons. The first-order valence-electron chi connectivity index (χ1n) is 4.79. The number of aliphatic hydroxyl groups is 1. The number of thioether (sulfide) groups is 1. The van der Waals surface area contributed by atoms with Gasteiger partial charge in [-0.05, 0) is 12.1 Å². The number of hydrogen-bond acceptors (Lipinski definition) is 3. The summed E-state index contributed by atoms with van der Waals surface area (Å²) < 4.78 is 51.2. The zero-order valence-electron chi connectivity index (χ0n) is 8.74. The number of hydrogen-bond donors (Lipinski definition) is 1. The third-order valence-electron chi connectivity index (χ3n) is 2.41. The van der Waals surface area contributed by atoms with E-state index in [4.69, 9.17) is 0 Å². The van der Waals surface area contributed by atoms with E-state index in [1.807, 2.05) is 0 Å². The molecule has 18 heavy (non-hydrogen) atoms. The van der Waals surface area contributed by atoms with Gasteiger partial charge in [-0.15, -0.1) is 0 Å². The molecule has 8 heteroatoms. The molecule has 1 atom stereocenters. The van der Waals surface area contributed by atoms with E-state index in [9.17, 15) is 27.5 Å². The van der Waals surface area contributed by atoms with Crippen LogP contribution in [-0.2, 0) is 11.0 Å². The Morgan fingerprint density at radius 2 is 2.06 bits per heavy atom. The number of aliphatic hydroxyl groups excluding tert-OH is 1. The van der Waals surface area contributed by atoms with Gasteiger partial charge < -0.3 is 5.11 Å². The van der Waals surface area contributed by atoms with Gasteiger partial charge in [0.15, 0.2) is 11.3 Å². The molecule has 0 aromatic heterocycles. The molecule has 1 amide bonds. The molecule has 0 saturated carbocycles. The molecule has 1 unspecified atom stereocenters. The van der Waals surface area contributed by atoms with Crippen LogP contribution in [0, 0.1) is 5.82 Å². The van der Waals surface area contributed by atoms with Crippen LogP contribution in [0.5, 0.6) is 0 Å². The highest BCUT2D eigenvalue weighted by Crippen LogP contribution is 2.37. The minimum atomic E-state index is -4.82. The molecule has 1 aromatic rings. The minimum Gasteiger partial charge on any atom is -0.373 e. The summed E-state index contributed by atoms with van der Waals surface area (Å²) >= 11 is 0.814. The maximum atomic E-state index is 13.7. The fraction of sp³-hybridized carbons (Fsp3) is 0.300. The van der Waals surface area contributed by atoms with E-state index in [-0.39, 0.29) is 5.88 Å². The highest BCUT2D eigenvalue weighted by Gasteiger charge is 2.38. The fourth-order valence-corrected chi connectivity index (χ4v) is 2.38. The molecular formula is C10H7F4NO2S.